The second-order valence-electron chi connectivity index (χ2n) is 11.6. The van der Waals surface area contributed by atoms with E-state index in [-0.39, 0.29) is 31.3 Å². The molecule has 0 aromatic heterocycles. The summed E-state index contributed by atoms with van der Waals surface area (Å²) in [4.78, 5) is 14.2. The molecule has 5 rings (SSSR count). The largest absolute Gasteiger partial charge is 0.445 e. The van der Waals surface area contributed by atoms with Gasteiger partial charge in [-0.25, -0.2) is 4.79 Å². The summed E-state index contributed by atoms with van der Waals surface area (Å²) in [5.41, 5.74) is 3.70. The Morgan fingerprint density at radius 2 is 1.66 bits per heavy atom. The van der Waals surface area contributed by atoms with Gasteiger partial charge in [-0.2, -0.15) is 0 Å². The summed E-state index contributed by atoms with van der Waals surface area (Å²) in [7, 11) is 0. The van der Waals surface area contributed by atoms with E-state index in [1.165, 1.54) is 6.08 Å². The van der Waals surface area contributed by atoms with Gasteiger partial charge in [-0.1, -0.05) is 91.8 Å². The van der Waals surface area contributed by atoms with Gasteiger partial charge in [0.2, 0.25) is 0 Å². The number of hydrogen-bond acceptors (Lipinski definition) is 7. The van der Waals surface area contributed by atoms with Crippen LogP contribution in [0.1, 0.15) is 60.0 Å². The van der Waals surface area contributed by atoms with Crippen molar-refractivity contribution in [3.63, 3.8) is 0 Å². The molecule has 2 heterocycles. The van der Waals surface area contributed by atoms with Crippen molar-refractivity contribution in [2.45, 2.75) is 57.0 Å². The maximum Gasteiger partial charge on any atom is 0.407 e. The van der Waals surface area contributed by atoms with Gasteiger partial charge in [0.05, 0.1) is 24.4 Å². The predicted molar refractivity (Wildman–Crippen MR) is 169 cm³/mol. The van der Waals surface area contributed by atoms with Crippen molar-refractivity contribution in [2.24, 2.45) is 5.92 Å². The number of rotatable bonds is 10. The Bertz CT molecular complexity index is 1370. The number of benzene rings is 3. The first kappa shape index (κ1) is 32.2. The van der Waals surface area contributed by atoms with Gasteiger partial charge in [0.1, 0.15) is 6.61 Å². The summed E-state index contributed by atoms with van der Waals surface area (Å²) < 4.78 is 18.2. The van der Waals surface area contributed by atoms with Crippen LogP contribution in [0.2, 0.25) is 5.02 Å². The Kier molecular flexibility index (Phi) is 10.7. The molecule has 0 aliphatic carbocycles. The third-order valence-electron chi connectivity index (χ3n) is 8.65. The number of ether oxygens (including phenoxy) is 3. The van der Waals surface area contributed by atoms with E-state index in [9.17, 15) is 15.0 Å². The van der Waals surface area contributed by atoms with Crippen molar-refractivity contribution in [3.8, 4) is 0 Å². The maximum atomic E-state index is 11.8. The van der Waals surface area contributed by atoms with E-state index in [1.807, 2.05) is 72.8 Å². The lowest BCUT2D eigenvalue weighted by atomic mass is 9.84. The third-order valence-corrected chi connectivity index (χ3v) is 8.90. The number of carbonyl (C=O) groups excluding carboxylic acids is 1. The molecule has 2 aliphatic heterocycles. The van der Waals surface area contributed by atoms with Crippen LogP contribution >= 0.6 is 11.6 Å². The number of carbonyl (C=O) groups is 1. The molecule has 3 aromatic carbocycles. The van der Waals surface area contributed by atoms with Crippen LogP contribution in [0.25, 0.3) is 0 Å². The number of halogens is 1. The third kappa shape index (κ3) is 7.88. The lowest BCUT2D eigenvalue weighted by Crippen LogP contribution is -2.49. The number of nitrogens with zero attached hydrogens (tertiary/aromatic N) is 1. The second kappa shape index (κ2) is 14.7. The van der Waals surface area contributed by atoms with E-state index in [4.69, 9.17) is 25.8 Å². The molecule has 2 aliphatic rings. The van der Waals surface area contributed by atoms with Gasteiger partial charge in [-0.3, -0.25) is 0 Å². The molecule has 4 atom stereocenters. The van der Waals surface area contributed by atoms with Crippen molar-refractivity contribution in [3.05, 3.63) is 118 Å². The molecular formula is C35H41ClN2O6. The van der Waals surface area contributed by atoms with Crippen LogP contribution in [-0.4, -0.2) is 53.6 Å². The first-order chi connectivity index (χ1) is 21.3. The van der Waals surface area contributed by atoms with Gasteiger partial charge in [0.15, 0.2) is 6.29 Å². The maximum absolute atomic E-state index is 11.8. The van der Waals surface area contributed by atoms with Crippen LogP contribution in [0.5, 0.6) is 0 Å². The van der Waals surface area contributed by atoms with E-state index in [0.29, 0.717) is 31.0 Å². The van der Waals surface area contributed by atoms with E-state index >= 15 is 0 Å². The van der Waals surface area contributed by atoms with Gasteiger partial charge in [0, 0.05) is 42.7 Å². The van der Waals surface area contributed by atoms with Crippen LogP contribution in [0.15, 0.2) is 85.5 Å². The summed E-state index contributed by atoms with van der Waals surface area (Å²) >= 11 is 6.07. The second-order valence-corrected chi connectivity index (χ2v) is 12.1. The molecule has 8 nitrogen and oxygen atoms in total. The molecule has 0 spiro atoms. The zero-order chi connectivity index (χ0) is 31.1. The molecule has 9 heteroatoms. The monoisotopic (exact) mass is 620 g/mol. The van der Waals surface area contributed by atoms with E-state index in [0.717, 1.165) is 40.9 Å². The van der Waals surface area contributed by atoms with Crippen molar-refractivity contribution in [2.75, 3.05) is 26.2 Å². The molecule has 44 heavy (non-hydrogen) atoms. The molecule has 3 aromatic rings. The summed E-state index contributed by atoms with van der Waals surface area (Å²) in [5.74, 6) is 0.0494. The van der Waals surface area contributed by atoms with Crippen molar-refractivity contribution < 1.29 is 29.2 Å². The molecule has 0 saturated carbocycles. The minimum absolute atomic E-state index is 0.0137. The summed E-state index contributed by atoms with van der Waals surface area (Å²) in [5, 5.41) is 24.3. The Hall–Kier alpha value is -3.24. The van der Waals surface area contributed by atoms with Crippen LogP contribution in [0.4, 0.5) is 4.79 Å². The highest BCUT2D eigenvalue weighted by molar-refractivity contribution is 6.30. The van der Waals surface area contributed by atoms with Crippen molar-refractivity contribution >= 4 is 17.7 Å². The van der Waals surface area contributed by atoms with Crippen molar-refractivity contribution in [1.29, 1.82) is 0 Å². The fourth-order valence-corrected chi connectivity index (χ4v) is 6.02. The molecule has 2 saturated heterocycles. The number of aliphatic hydroxyl groups excluding tert-OH is 1. The molecule has 0 radical (unpaired) electrons. The Balaban J connectivity index is 1.28. The van der Waals surface area contributed by atoms with E-state index in [2.05, 4.69) is 23.7 Å². The average Bonchev–Trinajstić information content (AvgIpc) is 3.05. The number of alkyl carbamates (subject to hydrolysis) is 1. The molecule has 0 bridgehead atoms. The summed E-state index contributed by atoms with van der Waals surface area (Å²) in [6.07, 6.45) is 1.34. The number of nitrogens with one attached hydrogen (secondary N) is 1. The predicted octanol–water partition coefficient (Wildman–Crippen LogP) is 6.02. The molecule has 1 amide bonds. The lowest BCUT2D eigenvalue weighted by Gasteiger charge is -2.45. The number of aliphatic hydroxyl groups is 2. The topological polar surface area (TPSA) is 100 Å². The zero-order valence-electron chi connectivity index (χ0n) is 25.0. The average molecular weight is 621 g/mol. The van der Waals surface area contributed by atoms with E-state index < -0.39 is 18.0 Å². The lowest BCUT2D eigenvalue weighted by molar-refractivity contribution is -0.277. The van der Waals surface area contributed by atoms with Crippen molar-refractivity contribution in [1.82, 2.24) is 10.2 Å². The SMILES string of the molecule is C=CCOC(=O)NCc1ccc([C@@H]2O[C@H](CN3CCC(O)(c4ccc(Cl)cc4)CC3)[C@H](C)[C@H](c3ccc(CO)cc3)O2)cc1. The zero-order valence-corrected chi connectivity index (χ0v) is 25.8. The number of likely N-dealkylation sites (tertiary alicyclic amines) is 1. The Morgan fingerprint density at radius 3 is 2.30 bits per heavy atom. The van der Waals surface area contributed by atoms with E-state index in [1.54, 1.807) is 0 Å². The van der Waals surface area contributed by atoms with Crippen LogP contribution in [-0.2, 0) is 33.0 Å². The number of amides is 1. The van der Waals surface area contributed by atoms with Gasteiger partial charge < -0.3 is 34.6 Å². The minimum atomic E-state index is -0.873. The molecular weight excluding hydrogens is 580 g/mol. The highest BCUT2D eigenvalue weighted by atomic mass is 35.5. The number of piperidine rings is 1. The summed E-state index contributed by atoms with van der Waals surface area (Å²) in [6, 6.07) is 23.2. The quantitative estimate of drug-likeness (QED) is 0.238. The fraction of sp³-hybridized carbons (Fsp3) is 0.400. The summed E-state index contributed by atoms with van der Waals surface area (Å²) in [6.45, 7) is 8.36. The fourth-order valence-electron chi connectivity index (χ4n) is 5.89. The smallest absolute Gasteiger partial charge is 0.407 e. The molecule has 0 unspecified atom stereocenters. The van der Waals surface area contributed by atoms with Gasteiger partial charge in [-0.05, 0) is 47.2 Å². The first-order valence-corrected chi connectivity index (χ1v) is 15.5. The van der Waals surface area contributed by atoms with Gasteiger partial charge >= 0.3 is 6.09 Å². The number of hydrogen-bond donors (Lipinski definition) is 3. The van der Waals surface area contributed by atoms with Gasteiger partial charge in [-0.15, -0.1) is 0 Å². The van der Waals surface area contributed by atoms with Gasteiger partial charge in [0.25, 0.3) is 0 Å². The standard InChI is InChI=1S/C35H41ClN2O6/c1-3-20-42-34(40)37-21-25-4-10-28(11-5-25)33-43-31(24(2)32(44-33)27-8-6-26(23-39)7-9-27)22-38-18-16-35(41,17-19-38)29-12-14-30(36)15-13-29/h3-15,24,31-33,39,41H,1,16-23H2,2H3,(H,37,40)/t24-,31+,32+,33+/m0/s1. The molecule has 2 fully saturated rings. The van der Waals surface area contributed by atoms with Crippen LogP contribution in [0.3, 0.4) is 0 Å². The normalized spacial score (nSPS) is 23.5. The van der Waals surface area contributed by atoms with Crippen LogP contribution < -0.4 is 5.32 Å². The highest BCUT2D eigenvalue weighted by Gasteiger charge is 2.41. The Morgan fingerprint density at radius 1 is 1.02 bits per heavy atom. The first-order valence-electron chi connectivity index (χ1n) is 15.1. The minimum Gasteiger partial charge on any atom is -0.445 e. The Labute approximate surface area is 264 Å². The molecule has 3 N–H and O–H groups in total. The van der Waals surface area contributed by atoms with Crippen LogP contribution in [0, 0.1) is 5.92 Å². The highest BCUT2D eigenvalue weighted by Crippen LogP contribution is 2.42. The molecule has 234 valence electrons.